The molecule has 0 saturated heterocycles. The highest BCUT2D eigenvalue weighted by atomic mass is 16.3. The number of hydrogen-bond acceptors (Lipinski definition) is 3. The van der Waals surface area contributed by atoms with Crippen LogP contribution in [0, 0.1) is 0 Å². The Hall–Kier alpha value is -0.410. The molecule has 53 valence electrons. The maximum atomic E-state index is 9.65. The fourth-order valence-corrected chi connectivity index (χ4v) is 0.562. The fourth-order valence-electron chi connectivity index (χ4n) is 0.562. The molecular weight excluding hydrogens is 118 g/mol. The van der Waals surface area contributed by atoms with Crippen molar-refractivity contribution in [1.29, 1.82) is 0 Å². The summed E-state index contributed by atoms with van der Waals surface area (Å²) in [4.78, 5) is 9.65. The second-order valence-corrected chi connectivity index (χ2v) is 1.91. The van der Waals surface area contributed by atoms with Crippen LogP contribution in [0.1, 0.15) is 19.3 Å². The van der Waals surface area contributed by atoms with Crippen molar-refractivity contribution in [1.82, 2.24) is 0 Å². The molecule has 0 heterocycles. The molecule has 3 nitrogen and oxygen atoms in total. The first kappa shape index (κ1) is 8.59. The highest BCUT2D eigenvalue weighted by molar-refractivity contribution is 5.50. The zero-order chi connectivity index (χ0) is 7.11. The average molecular weight is 130 g/mol. The Balaban J connectivity index is 3.04. The van der Waals surface area contributed by atoms with Gasteiger partial charge >= 0.3 is 0 Å². The van der Waals surface area contributed by atoms with E-state index in [0.717, 1.165) is 0 Å². The van der Waals surface area contributed by atoms with Crippen LogP contribution in [0.2, 0.25) is 0 Å². The summed E-state index contributed by atoms with van der Waals surface area (Å²) >= 11 is 0. The summed E-state index contributed by atoms with van der Waals surface area (Å²) in [5.74, 6) is 0. The van der Waals surface area contributed by atoms with E-state index in [4.69, 9.17) is 10.8 Å². The summed E-state index contributed by atoms with van der Waals surface area (Å²) in [6.45, 7) is 0.472. The van der Waals surface area contributed by atoms with Gasteiger partial charge in [0, 0.05) is 6.42 Å². The monoisotopic (exact) mass is 130 g/mol. The number of hydrogen-bond donors (Lipinski definition) is 2. The van der Waals surface area contributed by atoms with Gasteiger partial charge in [-0.1, -0.05) is 0 Å². The summed E-state index contributed by atoms with van der Waals surface area (Å²) in [5, 5.41) is 8.92. The van der Waals surface area contributed by atoms with Crippen LogP contribution in [0.25, 0.3) is 0 Å². The van der Waals surface area contributed by atoms with E-state index in [1.54, 1.807) is 6.29 Å². The van der Waals surface area contributed by atoms with Crippen LogP contribution in [0.5, 0.6) is 0 Å². The van der Waals surface area contributed by atoms with Gasteiger partial charge in [-0.3, -0.25) is 4.79 Å². The van der Waals surface area contributed by atoms with E-state index in [0.29, 0.717) is 25.8 Å². The second kappa shape index (κ2) is 5.72. The first-order valence-corrected chi connectivity index (χ1v) is 3.04. The Labute approximate surface area is 54.9 Å². The predicted octanol–water partition coefficient (Wildman–Crippen LogP) is -0.414. The summed E-state index contributed by atoms with van der Waals surface area (Å²) in [5.41, 5.74) is 5.14. The average Bonchev–Trinajstić information content (AvgIpc) is 1.85. The van der Waals surface area contributed by atoms with Crippen LogP contribution in [-0.4, -0.2) is 24.0 Å². The first-order chi connectivity index (χ1) is 4.31. The SMILES string of the molecule is NCCC(O)CC[C]=O. The summed E-state index contributed by atoms with van der Waals surface area (Å²) in [7, 11) is 0. The summed E-state index contributed by atoms with van der Waals surface area (Å²) < 4.78 is 0. The molecule has 0 fully saturated rings. The van der Waals surface area contributed by atoms with Crippen molar-refractivity contribution in [2.45, 2.75) is 25.4 Å². The lowest BCUT2D eigenvalue weighted by Crippen LogP contribution is -2.13. The highest BCUT2D eigenvalue weighted by Crippen LogP contribution is 1.97. The van der Waals surface area contributed by atoms with Crippen molar-refractivity contribution in [3.05, 3.63) is 0 Å². The van der Waals surface area contributed by atoms with Crippen LogP contribution in [0.3, 0.4) is 0 Å². The van der Waals surface area contributed by atoms with Crippen molar-refractivity contribution >= 4 is 6.29 Å². The van der Waals surface area contributed by atoms with Crippen molar-refractivity contribution < 1.29 is 9.90 Å². The second-order valence-electron chi connectivity index (χ2n) is 1.91. The summed E-state index contributed by atoms with van der Waals surface area (Å²) in [6, 6.07) is 0. The smallest absolute Gasteiger partial charge is 0.198 e. The van der Waals surface area contributed by atoms with Crippen LogP contribution >= 0.6 is 0 Å². The van der Waals surface area contributed by atoms with Gasteiger partial charge in [0.05, 0.1) is 6.10 Å². The normalized spacial score (nSPS) is 13.1. The first-order valence-electron chi connectivity index (χ1n) is 3.04. The molecular formula is C6H12NO2. The van der Waals surface area contributed by atoms with E-state index in [-0.39, 0.29) is 0 Å². The Bertz CT molecular complexity index is 75.5. The molecule has 0 aliphatic heterocycles. The maximum absolute atomic E-state index is 9.65. The molecule has 0 amide bonds. The van der Waals surface area contributed by atoms with E-state index in [1.807, 2.05) is 0 Å². The van der Waals surface area contributed by atoms with E-state index in [9.17, 15) is 4.79 Å². The molecule has 0 rings (SSSR count). The zero-order valence-electron chi connectivity index (χ0n) is 5.34. The minimum atomic E-state index is -0.420. The third-order valence-corrected chi connectivity index (χ3v) is 1.08. The van der Waals surface area contributed by atoms with Crippen LogP contribution in [0.15, 0.2) is 0 Å². The lowest BCUT2D eigenvalue weighted by atomic mass is 10.1. The van der Waals surface area contributed by atoms with Crippen molar-refractivity contribution in [2.75, 3.05) is 6.54 Å². The van der Waals surface area contributed by atoms with Gasteiger partial charge in [0.15, 0.2) is 6.29 Å². The molecule has 0 aliphatic carbocycles. The highest BCUT2D eigenvalue weighted by Gasteiger charge is 2.00. The predicted molar refractivity (Wildman–Crippen MR) is 34.6 cm³/mol. The Morgan fingerprint density at radius 2 is 2.22 bits per heavy atom. The maximum Gasteiger partial charge on any atom is 0.198 e. The topological polar surface area (TPSA) is 63.3 Å². The Morgan fingerprint density at radius 1 is 1.56 bits per heavy atom. The standard InChI is InChI=1S/C6H12NO2/c7-4-3-6(9)2-1-5-8/h6,9H,1-4,7H2. The molecule has 0 aliphatic rings. The van der Waals surface area contributed by atoms with E-state index in [1.165, 1.54) is 0 Å². The number of aliphatic hydroxyl groups excluding tert-OH is 1. The Kier molecular flexibility index (Phi) is 5.46. The third kappa shape index (κ3) is 5.46. The van der Waals surface area contributed by atoms with E-state index in [2.05, 4.69) is 0 Å². The van der Waals surface area contributed by atoms with Gasteiger partial charge in [0.1, 0.15) is 0 Å². The molecule has 0 aromatic carbocycles. The molecule has 0 aromatic heterocycles. The van der Waals surface area contributed by atoms with Gasteiger partial charge in [-0.05, 0) is 19.4 Å². The molecule has 0 bridgehead atoms. The van der Waals surface area contributed by atoms with E-state index >= 15 is 0 Å². The quantitative estimate of drug-likeness (QED) is 0.531. The fraction of sp³-hybridized carbons (Fsp3) is 0.833. The largest absolute Gasteiger partial charge is 0.393 e. The van der Waals surface area contributed by atoms with Crippen molar-refractivity contribution in [3.63, 3.8) is 0 Å². The minimum Gasteiger partial charge on any atom is -0.393 e. The number of aliphatic hydroxyl groups is 1. The molecule has 3 N–H and O–H groups in total. The third-order valence-electron chi connectivity index (χ3n) is 1.08. The Morgan fingerprint density at radius 3 is 2.67 bits per heavy atom. The zero-order valence-corrected chi connectivity index (χ0v) is 5.34. The molecule has 3 heteroatoms. The van der Waals surface area contributed by atoms with Gasteiger partial charge in [-0.15, -0.1) is 0 Å². The summed E-state index contributed by atoms with van der Waals surface area (Å²) in [6.07, 6.45) is 2.65. The lowest BCUT2D eigenvalue weighted by Gasteiger charge is -2.04. The molecule has 9 heavy (non-hydrogen) atoms. The van der Waals surface area contributed by atoms with Gasteiger partial charge in [0.25, 0.3) is 0 Å². The van der Waals surface area contributed by atoms with Crippen LogP contribution in [0.4, 0.5) is 0 Å². The lowest BCUT2D eigenvalue weighted by molar-refractivity contribution is 0.159. The minimum absolute atomic E-state index is 0.307. The molecule has 0 saturated carbocycles. The van der Waals surface area contributed by atoms with Gasteiger partial charge < -0.3 is 10.8 Å². The number of carbonyl (C=O) groups excluding carboxylic acids is 1. The number of rotatable bonds is 5. The van der Waals surface area contributed by atoms with Gasteiger partial charge in [0.2, 0.25) is 0 Å². The van der Waals surface area contributed by atoms with Crippen LogP contribution in [-0.2, 0) is 4.79 Å². The van der Waals surface area contributed by atoms with Crippen molar-refractivity contribution in [3.8, 4) is 0 Å². The number of nitrogens with two attached hydrogens (primary N) is 1. The molecule has 1 radical (unpaired) electrons. The van der Waals surface area contributed by atoms with Crippen LogP contribution < -0.4 is 5.73 Å². The molecule has 0 spiro atoms. The van der Waals surface area contributed by atoms with E-state index < -0.39 is 6.10 Å². The molecule has 1 unspecified atom stereocenters. The van der Waals surface area contributed by atoms with Gasteiger partial charge in [-0.25, -0.2) is 0 Å². The molecule has 0 aromatic rings. The van der Waals surface area contributed by atoms with Gasteiger partial charge in [-0.2, -0.15) is 0 Å². The van der Waals surface area contributed by atoms with Crippen molar-refractivity contribution in [2.24, 2.45) is 5.73 Å². The molecule has 1 atom stereocenters.